The zero-order chi connectivity index (χ0) is 13.5. The highest BCUT2D eigenvalue weighted by Gasteiger charge is 2.43. The lowest BCUT2D eigenvalue weighted by Gasteiger charge is -2.37. The second-order valence-electron chi connectivity index (χ2n) is 4.70. The molecule has 1 fully saturated rings. The number of anilines is 1. The number of carbonyl (C=O) groups excluding carboxylic acids is 1. The summed E-state index contributed by atoms with van der Waals surface area (Å²) in [4.78, 5) is 22.3. The average molecular weight is 344 g/mol. The predicted molar refractivity (Wildman–Crippen MR) is 77.8 cm³/mol. The highest BCUT2D eigenvalue weighted by Crippen LogP contribution is 2.37. The standard InChI is InChI=1S/C12H12BrClN4O/c13-8-5-15-6-9(14)10(8)18-3-1-12(2-4-18)11(19)16-7-17-12/h5-7H,1-4H2,(H,16,17,19). The van der Waals surface area contributed by atoms with E-state index in [0.717, 1.165) is 23.2 Å². The minimum Gasteiger partial charge on any atom is -0.369 e. The Bertz CT molecular complexity index is 534. The van der Waals surface area contributed by atoms with Crippen molar-refractivity contribution in [1.29, 1.82) is 0 Å². The van der Waals surface area contributed by atoms with Crippen molar-refractivity contribution in [3.8, 4) is 0 Å². The van der Waals surface area contributed by atoms with Crippen LogP contribution in [-0.2, 0) is 4.79 Å². The number of carbonyl (C=O) groups is 1. The summed E-state index contributed by atoms with van der Waals surface area (Å²) in [5.74, 6) is 0.00652. The summed E-state index contributed by atoms with van der Waals surface area (Å²) in [6, 6.07) is 0. The molecule has 7 heteroatoms. The molecule has 0 radical (unpaired) electrons. The fourth-order valence-corrected chi connectivity index (χ4v) is 3.54. The van der Waals surface area contributed by atoms with Crippen molar-refractivity contribution in [3.05, 3.63) is 21.9 Å². The van der Waals surface area contributed by atoms with Crippen LogP contribution in [-0.4, -0.2) is 35.9 Å². The Morgan fingerprint density at radius 3 is 2.68 bits per heavy atom. The smallest absolute Gasteiger partial charge is 0.253 e. The molecule has 0 atom stereocenters. The number of halogens is 2. The molecule has 2 aliphatic heterocycles. The molecule has 0 aliphatic carbocycles. The first-order valence-electron chi connectivity index (χ1n) is 6.01. The summed E-state index contributed by atoms with van der Waals surface area (Å²) in [6.45, 7) is 1.49. The first kappa shape index (κ1) is 12.9. The summed E-state index contributed by atoms with van der Waals surface area (Å²) >= 11 is 9.67. The van der Waals surface area contributed by atoms with E-state index in [-0.39, 0.29) is 5.91 Å². The number of piperidine rings is 1. The van der Waals surface area contributed by atoms with Crippen LogP contribution in [0.4, 0.5) is 5.69 Å². The maximum atomic E-state index is 11.8. The lowest BCUT2D eigenvalue weighted by Crippen LogP contribution is -2.49. The van der Waals surface area contributed by atoms with Crippen molar-refractivity contribution < 1.29 is 4.79 Å². The third kappa shape index (κ3) is 2.12. The van der Waals surface area contributed by atoms with Gasteiger partial charge in [-0.1, -0.05) is 11.6 Å². The van der Waals surface area contributed by atoms with Crippen LogP contribution < -0.4 is 10.2 Å². The van der Waals surface area contributed by atoms with Crippen molar-refractivity contribution in [2.75, 3.05) is 18.0 Å². The third-order valence-corrected chi connectivity index (χ3v) is 4.52. The normalized spacial score (nSPS) is 20.9. The van der Waals surface area contributed by atoms with Gasteiger partial charge in [-0.15, -0.1) is 0 Å². The first-order valence-corrected chi connectivity index (χ1v) is 7.18. The van der Waals surface area contributed by atoms with Crippen molar-refractivity contribution in [1.82, 2.24) is 10.3 Å². The van der Waals surface area contributed by atoms with Crippen LogP contribution in [0.25, 0.3) is 0 Å². The Labute approximate surface area is 124 Å². The highest BCUT2D eigenvalue weighted by molar-refractivity contribution is 9.10. The number of hydrogen-bond acceptors (Lipinski definition) is 4. The topological polar surface area (TPSA) is 57.6 Å². The zero-order valence-electron chi connectivity index (χ0n) is 10.1. The second kappa shape index (κ2) is 4.76. The van der Waals surface area contributed by atoms with E-state index < -0.39 is 5.54 Å². The van der Waals surface area contributed by atoms with Gasteiger partial charge in [0.15, 0.2) is 0 Å². The summed E-state index contributed by atoms with van der Waals surface area (Å²) in [5.41, 5.74) is 0.372. The second-order valence-corrected chi connectivity index (χ2v) is 5.96. The molecule has 2 aliphatic rings. The number of nitrogens with zero attached hydrogens (tertiary/aromatic N) is 3. The molecule has 100 valence electrons. The van der Waals surface area contributed by atoms with E-state index in [1.165, 1.54) is 6.34 Å². The van der Waals surface area contributed by atoms with Crippen LogP contribution in [0.3, 0.4) is 0 Å². The molecule has 0 aromatic carbocycles. The molecule has 1 N–H and O–H groups in total. The lowest BCUT2D eigenvalue weighted by atomic mass is 9.88. The minimum absolute atomic E-state index is 0.00652. The van der Waals surface area contributed by atoms with E-state index in [2.05, 4.69) is 36.1 Å². The van der Waals surface area contributed by atoms with Crippen LogP contribution in [0.1, 0.15) is 12.8 Å². The van der Waals surface area contributed by atoms with E-state index >= 15 is 0 Å². The summed E-state index contributed by atoms with van der Waals surface area (Å²) in [7, 11) is 0. The summed E-state index contributed by atoms with van der Waals surface area (Å²) < 4.78 is 0.871. The molecule has 1 aromatic rings. The van der Waals surface area contributed by atoms with Crippen molar-refractivity contribution in [2.45, 2.75) is 18.4 Å². The predicted octanol–water partition coefficient (Wildman–Crippen LogP) is 1.99. The third-order valence-electron chi connectivity index (χ3n) is 3.67. The quantitative estimate of drug-likeness (QED) is 0.848. The van der Waals surface area contributed by atoms with Crippen molar-refractivity contribution in [2.24, 2.45) is 4.99 Å². The fourth-order valence-electron chi connectivity index (χ4n) is 2.57. The molecule has 1 spiro atoms. The number of amides is 1. The van der Waals surface area contributed by atoms with Gasteiger partial charge in [-0.3, -0.25) is 14.8 Å². The van der Waals surface area contributed by atoms with Crippen LogP contribution in [0.5, 0.6) is 0 Å². The van der Waals surface area contributed by atoms with Gasteiger partial charge < -0.3 is 10.2 Å². The molecule has 0 saturated carbocycles. The molecule has 1 amide bonds. The van der Waals surface area contributed by atoms with E-state index in [4.69, 9.17) is 11.6 Å². The highest BCUT2D eigenvalue weighted by atomic mass is 79.9. The maximum absolute atomic E-state index is 11.8. The largest absolute Gasteiger partial charge is 0.369 e. The van der Waals surface area contributed by atoms with Crippen molar-refractivity contribution >= 4 is 45.5 Å². The maximum Gasteiger partial charge on any atom is 0.253 e. The Morgan fingerprint density at radius 1 is 1.37 bits per heavy atom. The molecule has 5 nitrogen and oxygen atoms in total. The van der Waals surface area contributed by atoms with E-state index in [1.807, 2.05) is 0 Å². The van der Waals surface area contributed by atoms with Crippen LogP contribution in [0, 0.1) is 0 Å². The van der Waals surface area contributed by atoms with Gasteiger partial charge in [0.2, 0.25) is 0 Å². The number of pyridine rings is 1. The number of aromatic nitrogens is 1. The van der Waals surface area contributed by atoms with Gasteiger partial charge in [-0.05, 0) is 28.8 Å². The molecule has 1 aromatic heterocycles. The van der Waals surface area contributed by atoms with Gasteiger partial charge in [0, 0.05) is 25.5 Å². The molecule has 1 saturated heterocycles. The summed E-state index contributed by atoms with van der Waals surface area (Å²) in [6.07, 6.45) is 6.26. The van der Waals surface area contributed by atoms with Gasteiger partial charge in [-0.25, -0.2) is 0 Å². The Kier molecular flexibility index (Phi) is 3.22. The monoisotopic (exact) mass is 342 g/mol. The average Bonchev–Trinajstić information content (AvgIpc) is 2.73. The molecule has 3 heterocycles. The Balaban J connectivity index is 1.81. The van der Waals surface area contributed by atoms with Gasteiger partial charge in [-0.2, -0.15) is 0 Å². The molecular weight excluding hydrogens is 332 g/mol. The van der Waals surface area contributed by atoms with E-state index in [1.54, 1.807) is 12.4 Å². The minimum atomic E-state index is -0.567. The van der Waals surface area contributed by atoms with Crippen LogP contribution in [0.15, 0.2) is 21.9 Å². The van der Waals surface area contributed by atoms with Gasteiger partial charge in [0.25, 0.3) is 5.91 Å². The number of nitrogens with one attached hydrogen (secondary N) is 1. The Hall–Kier alpha value is -1.14. The Morgan fingerprint density at radius 2 is 2.11 bits per heavy atom. The SMILES string of the molecule is O=C1NC=NC12CCN(c1c(Cl)cncc1Br)CC2. The van der Waals surface area contributed by atoms with Gasteiger partial charge in [0.1, 0.15) is 5.54 Å². The number of hydrogen-bond donors (Lipinski definition) is 1. The lowest BCUT2D eigenvalue weighted by molar-refractivity contribution is -0.124. The fraction of sp³-hybridized carbons (Fsp3) is 0.417. The molecule has 0 bridgehead atoms. The van der Waals surface area contributed by atoms with Gasteiger partial charge >= 0.3 is 0 Å². The van der Waals surface area contributed by atoms with Crippen LogP contribution >= 0.6 is 27.5 Å². The number of aliphatic imine (C=N–C) groups is 1. The van der Waals surface area contributed by atoms with Crippen molar-refractivity contribution in [3.63, 3.8) is 0 Å². The van der Waals surface area contributed by atoms with E-state index in [9.17, 15) is 4.79 Å². The molecule has 0 unspecified atom stereocenters. The van der Waals surface area contributed by atoms with Crippen LogP contribution in [0.2, 0.25) is 5.02 Å². The number of rotatable bonds is 1. The first-order chi connectivity index (χ1) is 9.12. The summed E-state index contributed by atoms with van der Waals surface area (Å²) in [5, 5.41) is 3.28. The molecular formula is C12H12BrClN4O. The molecule has 3 rings (SSSR count). The van der Waals surface area contributed by atoms with E-state index in [0.29, 0.717) is 17.9 Å². The zero-order valence-corrected chi connectivity index (χ0v) is 12.4. The van der Waals surface area contributed by atoms with Gasteiger partial charge in [0.05, 0.1) is 21.5 Å². The molecule has 19 heavy (non-hydrogen) atoms.